The molecule has 1 aromatic heterocycles. The molecule has 0 N–H and O–H groups in total. The van der Waals surface area contributed by atoms with E-state index in [2.05, 4.69) is 4.98 Å². The average molecular weight is 513 g/mol. The van der Waals surface area contributed by atoms with Gasteiger partial charge in [-0.1, -0.05) is 41.7 Å². The number of carbonyl (C=O) groups excluding carboxylic acids is 1. The Bertz CT molecular complexity index is 1460. The zero-order valence-corrected chi connectivity index (χ0v) is 21.3. The van der Waals surface area contributed by atoms with Crippen molar-refractivity contribution in [3.05, 3.63) is 71.8 Å². The number of sulfone groups is 1. The Hall–Kier alpha value is -3.63. The van der Waals surface area contributed by atoms with E-state index in [4.69, 9.17) is 14.2 Å². The molecule has 35 heavy (non-hydrogen) atoms. The van der Waals surface area contributed by atoms with Gasteiger partial charge < -0.3 is 14.2 Å². The van der Waals surface area contributed by atoms with Gasteiger partial charge in [0.1, 0.15) is 0 Å². The number of nitrogens with zero attached hydrogens (tertiary/aromatic N) is 2. The molecule has 4 rings (SSSR count). The Morgan fingerprint density at radius 2 is 1.60 bits per heavy atom. The van der Waals surface area contributed by atoms with Gasteiger partial charge >= 0.3 is 0 Å². The van der Waals surface area contributed by atoms with Crippen LogP contribution >= 0.6 is 11.3 Å². The molecule has 0 bridgehead atoms. The van der Waals surface area contributed by atoms with E-state index < -0.39 is 9.84 Å². The molecule has 0 spiro atoms. The lowest BCUT2D eigenvalue weighted by atomic mass is 10.1. The van der Waals surface area contributed by atoms with Crippen LogP contribution in [0.3, 0.4) is 0 Å². The molecule has 1 heterocycles. The maximum atomic E-state index is 13.8. The van der Waals surface area contributed by atoms with E-state index in [1.807, 2.05) is 30.3 Å². The molecule has 10 heteroatoms. The van der Waals surface area contributed by atoms with Crippen LogP contribution in [0.15, 0.2) is 65.6 Å². The molecule has 8 nitrogen and oxygen atoms in total. The van der Waals surface area contributed by atoms with Crippen LogP contribution in [0.1, 0.15) is 15.9 Å². The van der Waals surface area contributed by atoms with Crippen molar-refractivity contribution in [2.75, 3.05) is 32.5 Å². The quantitative estimate of drug-likeness (QED) is 0.341. The van der Waals surface area contributed by atoms with Gasteiger partial charge in [0, 0.05) is 11.8 Å². The van der Waals surface area contributed by atoms with E-state index in [0.29, 0.717) is 38.2 Å². The Morgan fingerprint density at radius 1 is 0.943 bits per heavy atom. The first-order valence-corrected chi connectivity index (χ1v) is 13.2. The fraction of sp³-hybridized carbons (Fsp3) is 0.200. The van der Waals surface area contributed by atoms with Gasteiger partial charge in [-0.25, -0.2) is 13.4 Å². The maximum Gasteiger partial charge on any atom is 0.260 e. The van der Waals surface area contributed by atoms with Crippen LogP contribution in [0.5, 0.6) is 17.2 Å². The number of carbonyl (C=O) groups is 1. The molecule has 0 unspecified atom stereocenters. The van der Waals surface area contributed by atoms with E-state index in [0.717, 1.165) is 11.8 Å². The SMILES string of the molecule is COc1cc(C(=O)N(Cc2ccccc2)c2nc3ccc(S(C)(=O)=O)cc3s2)cc(OC)c1OC. The van der Waals surface area contributed by atoms with Crippen LogP contribution in [-0.4, -0.2) is 46.9 Å². The van der Waals surface area contributed by atoms with Gasteiger partial charge in [-0.05, 0) is 35.9 Å². The highest BCUT2D eigenvalue weighted by Crippen LogP contribution is 2.39. The number of aromatic nitrogens is 1. The van der Waals surface area contributed by atoms with Crippen molar-refractivity contribution in [1.29, 1.82) is 0 Å². The van der Waals surface area contributed by atoms with Gasteiger partial charge in [0.05, 0.1) is 43.0 Å². The Kier molecular flexibility index (Phi) is 6.95. The van der Waals surface area contributed by atoms with Crippen molar-refractivity contribution in [3.8, 4) is 17.2 Å². The summed E-state index contributed by atoms with van der Waals surface area (Å²) in [6, 6.07) is 17.5. The summed E-state index contributed by atoms with van der Waals surface area (Å²) < 4.78 is 40.9. The molecule has 4 aromatic rings. The molecule has 0 atom stereocenters. The molecule has 1 amide bonds. The summed E-state index contributed by atoms with van der Waals surface area (Å²) in [5.74, 6) is 0.777. The Morgan fingerprint density at radius 3 is 2.17 bits per heavy atom. The molecule has 3 aromatic carbocycles. The minimum Gasteiger partial charge on any atom is -0.493 e. The molecule has 0 fully saturated rings. The second kappa shape index (κ2) is 9.93. The molecule has 182 valence electrons. The number of thiazole rings is 1. The largest absolute Gasteiger partial charge is 0.493 e. The third-order valence-corrected chi connectivity index (χ3v) is 7.50. The number of amides is 1. The number of fused-ring (bicyclic) bond motifs is 1. The first-order valence-electron chi connectivity index (χ1n) is 10.5. The van der Waals surface area contributed by atoms with Crippen molar-refractivity contribution < 1.29 is 27.4 Å². The second-order valence-corrected chi connectivity index (χ2v) is 10.7. The van der Waals surface area contributed by atoms with Crippen molar-refractivity contribution in [2.24, 2.45) is 0 Å². The minimum atomic E-state index is -3.38. The van der Waals surface area contributed by atoms with Crippen LogP contribution in [0.25, 0.3) is 10.2 Å². The standard InChI is InChI=1S/C25H24N2O6S2/c1-31-20-12-17(13-21(32-2)23(20)33-3)24(28)27(15-16-8-6-5-7-9-16)25-26-19-11-10-18(35(4,29)30)14-22(19)34-25/h5-14H,15H2,1-4H3. The molecular formula is C25H24N2O6S2. The van der Waals surface area contributed by atoms with E-state index in [1.165, 1.54) is 38.7 Å². The van der Waals surface area contributed by atoms with Gasteiger partial charge in [0.2, 0.25) is 5.75 Å². The number of ether oxygens (including phenoxy) is 3. The minimum absolute atomic E-state index is 0.200. The van der Waals surface area contributed by atoms with Crippen molar-refractivity contribution in [3.63, 3.8) is 0 Å². The smallest absolute Gasteiger partial charge is 0.260 e. The number of anilines is 1. The normalized spacial score (nSPS) is 11.3. The fourth-order valence-electron chi connectivity index (χ4n) is 3.59. The highest BCUT2D eigenvalue weighted by molar-refractivity contribution is 7.90. The monoisotopic (exact) mass is 512 g/mol. The second-order valence-electron chi connectivity index (χ2n) is 7.69. The Balaban J connectivity index is 1.83. The molecule has 0 aliphatic carbocycles. The Labute approximate surface area is 207 Å². The summed E-state index contributed by atoms with van der Waals surface area (Å²) in [6.07, 6.45) is 1.16. The number of benzene rings is 3. The first-order chi connectivity index (χ1) is 16.7. The first kappa shape index (κ1) is 24.5. The average Bonchev–Trinajstić information content (AvgIpc) is 3.29. The fourth-order valence-corrected chi connectivity index (χ4v) is 5.32. The zero-order chi connectivity index (χ0) is 25.2. The van der Waals surface area contributed by atoms with Crippen LogP contribution in [-0.2, 0) is 16.4 Å². The van der Waals surface area contributed by atoms with Crippen LogP contribution in [0, 0.1) is 0 Å². The van der Waals surface area contributed by atoms with Gasteiger partial charge in [-0.3, -0.25) is 9.69 Å². The van der Waals surface area contributed by atoms with Crippen LogP contribution in [0.2, 0.25) is 0 Å². The van der Waals surface area contributed by atoms with E-state index in [-0.39, 0.29) is 17.3 Å². The molecule has 0 saturated carbocycles. The highest BCUT2D eigenvalue weighted by atomic mass is 32.2. The van der Waals surface area contributed by atoms with Gasteiger partial charge in [0.25, 0.3) is 5.91 Å². The molecular weight excluding hydrogens is 488 g/mol. The van der Waals surface area contributed by atoms with Crippen molar-refractivity contribution >= 4 is 42.4 Å². The molecule has 0 aliphatic rings. The summed E-state index contributed by atoms with van der Waals surface area (Å²) in [4.78, 5) is 20.2. The van der Waals surface area contributed by atoms with Crippen molar-refractivity contribution in [1.82, 2.24) is 4.98 Å². The predicted molar refractivity (Wildman–Crippen MR) is 136 cm³/mol. The van der Waals surface area contributed by atoms with Gasteiger partial charge in [0.15, 0.2) is 26.5 Å². The third-order valence-electron chi connectivity index (χ3n) is 5.35. The van der Waals surface area contributed by atoms with Gasteiger partial charge in [-0.2, -0.15) is 0 Å². The van der Waals surface area contributed by atoms with E-state index in [9.17, 15) is 13.2 Å². The predicted octanol–water partition coefficient (Wildman–Crippen LogP) is 4.57. The summed E-state index contributed by atoms with van der Waals surface area (Å²) in [5, 5.41) is 0.438. The molecule has 0 aliphatic heterocycles. The third kappa shape index (κ3) is 5.08. The zero-order valence-electron chi connectivity index (χ0n) is 19.6. The number of hydrogen-bond donors (Lipinski definition) is 0. The van der Waals surface area contributed by atoms with E-state index in [1.54, 1.807) is 29.2 Å². The topological polar surface area (TPSA) is 95.0 Å². The number of methoxy groups -OCH3 is 3. The molecule has 0 saturated heterocycles. The summed E-state index contributed by atoms with van der Waals surface area (Å²) >= 11 is 1.25. The lowest BCUT2D eigenvalue weighted by Gasteiger charge is -2.21. The maximum absolute atomic E-state index is 13.8. The van der Waals surface area contributed by atoms with Crippen LogP contribution < -0.4 is 19.1 Å². The molecule has 0 radical (unpaired) electrons. The number of rotatable bonds is 8. The van der Waals surface area contributed by atoms with E-state index >= 15 is 0 Å². The summed E-state index contributed by atoms with van der Waals surface area (Å²) in [7, 11) is 1.09. The van der Waals surface area contributed by atoms with Gasteiger partial charge in [-0.15, -0.1) is 0 Å². The summed E-state index contributed by atoms with van der Waals surface area (Å²) in [5.41, 5.74) is 1.84. The lowest BCUT2D eigenvalue weighted by Crippen LogP contribution is -2.30. The number of hydrogen-bond acceptors (Lipinski definition) is 8. The lowest BCUT2D eigenvalue weighted by molar-refractivity contribution is 0.0984. The van der Waals surface area contributed by atoms with Crippen molar-refractivity contribution in [2.45, 2.75) is 11.4 Å². The highest BCUT2D eigenvalue weighted by Gasteiger charge is 2.25. The van der Waals surface area contributed by atoms with Crippen LogP contribution in [0.4, 0.5) is 5.13 Å². The summed E-state index contributed by atoms with van der Waals surface area (Å²) in [6.45, 7) is 0.259.